The minimum absolute atomic E-state index is 0.0867. The van der Waals surface area contributed by atoms with E-state index in [9.17, 15) is 4.79 Å². The van der Waals surface area contributed by atoms with Gasteiger partial charge in [0.25, 0.3) is 5.91 Å². The summed E-state index contributed by atoms with van der Waals surface area (Å²) in [6.07, 6.45) is 0.649. The lowest BCUT2D eigenvalue weighted by molar-refractivity contribution is 0.0933. The van der Waals surface area contributed by atoms with Gasteiger partial charge in [0.1, 0.15) is 23.4 Å². The zero-order valence-electron chi connectivity index (χ0n) is 16.4. The van der Waals surface area contributed by atoms with Gasteiger partial charge in [-0.2, -0.15) is 0 Å². The van der Waals surface area contributed by atoms with Gasteiger partial charge in [0, 0.05) is 17.5 Å². The predicted octanol–water partition coefficient (Wildman–Crippen LogP) is 5.37. The predicted molar refractivity (Wildman–Crippen MR) is 117 cm³/mol. The number of hydrogen-bond donors (Lipinski definition) is 1. The summed E-state index contributed by atoms with van der Waals surface area (Å²) in [4.78, 5) is 12.6. The summed E-state index contributed by atoms with van der Waals surface area (Å²) in [5, 5.41) is 5.18. The molecule has 1 amide bonds. The summed E-state index contributed by atoms with van der Waals surface area (Å²) in [5.74, 6) is 2.34. The van der Waals surface area contributed by atoms with E-state index in [4.69, 9.17) is 9.47 Å². The number of carbonyl (C=O) groups excluding carboxylic acids is 1. The Morgan fingerprint density at radius 2 is 1.67 bits per heavy atom. The molecule has 4 aromatic rings. The van der Waals surface area contributed by atoms with E-state index in [-0.39, 0.29) is 12.0 Å². The highest BCUT2D eigenvalue weighted by atomic mass is 16.5. The summed E-state index contributed by atoms with van der Waals surface area (Å²) in [6.45, 7) is 0.454. The standard InChI is InChI=1S/C26H21NO3/c28-26(20-11-10-18-6-4-5-7-19(18)14-20)27-17-24-16-21-15-23(12-13-25(21)30-24)29-22-8-2-1-3-9-22/h1-15,24H,16-17H2,(H,27,28)/t24-/m0/s1. The van der Waals surface area contributed by atoms with Crippen molar-refractivity contribution in [1.29, 1.82) is 0 Å². The third kappa shape index (κ3) is 3.85. The number of carbonyl (C=O) groups is 1. The van der Waals surface area contributed by atoms with Crippen molar-refractivity contribution in [2.24, 2.45) is 0 Å². The van der Waals surface area contributed by atoms with E-state index in [2.05, 4.69) is 5.32 Å². The van der Waals surface area contributed by atoms with E-state index in [1.807, 2.05) is 91.0 Å². The number of ether oxygens (including phenoxy) is 2. The third-order valence-electron chi connectivity index (χ3n) is 5.25. The van der Waals surface area contributed by atoms with Gasteiger partial charge in [-0.25, -0.2) is 0 Å². The lowest BCUT2D eigenvalue weighted by Crippen LogP contribution is -2.34. The van der Waals surface area contributed by atoms with Crippen LogP contribution in [-0.4, -0.2) is 18.6 Å². The molecule has 0 saturated heterocycles. The largest absolute Gasteiger partial charge is 0.488 e. The first kappa shape index (κ1) is 18.3. The van der Waals surface area contributed by atoms with Crippen LogP contribution in [0.15, 0.2) is 91.0 Å². The summed E-state index contributed by atoms with van der Waals surface area (Å²) in [7, 11) is 0. The molecule has 4 aromatic carbocycles. The molecule has 0 radical (unpaired) electrons. The molecule has 30 heavy (non-hydrogen) atoms. The Balaban J connectivity index is 1.21. The minimum Gasteiger partial charge on any atom is -0.488 e. The van der Waals surface area contributed by atoms with Crippen molar-refractivity contribution in [3.8, 4) is 17.2 Å². The van der Waals surface area contributed by atoms with Crippen molar-refractivity contribution in [2.75, 3.05) is 6.54 Å². The second-order valence-corrected chi connectivity index (χ2v) is 7.40. The Morgan fingerprint density at radius 3 is 2.53 bits per heavy atom. The normalized spacial score (nSPS) is 14.7. The lowest BCUT2D eigenvalue weighted by atomic mass is 10.1. The molecule has 0 bridgehead atoms. The lowest BCUT2D eigenvalue weighted by Gasteiger charge is -2.12. The summed E-state index contributed by atoms with van der Waals surface area (Å²) >= 11 is 0. The number of rotatable bonds is 5. The van der Waals surface area contributed by atoms with Crippen molar-refractivity contribution in [2.45, 2.75) is 12.5 Å². The highest BCUT2D eigenvalue weighted by Gasteiger charge is 2.24. The van der Waals surface area contributed by atoms with Crippen LogP contribution in [-0.2, 0) is 6.42 Å². The molecule has 0 fully saturated rings. The molecule has 0 unspecified atom stereocenters. The molecule has 1 atom stereocenters. The van der Waals surface area contributed by atoms with E-state index in [1.54, 1.807) is 0 Å². The Labute approximate surface area is 175 Å². The van der Waals surface area contributed by atoms with E-state index in [0.717, 1.165) is 40.0 Å². The van der Waals surface area contributed by atoms with Crippen molar-refractivity contribution < 1.29 is 14.3 Å². The molecule has 0 aromatic heterocycles. The summed E-state index contributed by atoms with van der Waals surface area (Å²) < 4.78 is 11.9. The number of para-hydroxylation sites is 1. The third-order valence-corrected chi connectivity index (χ3v) is 5.25. The van der Waals surface area contributed by atoms with Crippen LogP contribution < -0.4 is 14.8 Å². The molecule has 5 rings (SSSR count). The van der Waals surface area contributed by atoms with E-state index < -0.39 is 0 Å². The van der Waals surface area contributed by atoms with Gasteiger partial charge in [-0.05, 0) is 53.2 Å². The molecule has 1 N–H and O–H groups in total. The molecule has 0 saturated carbocycles. The van der Waals surface area contributed by atoms with Crippen LogP contribution in [0.1, 0.15) is 15.9 Å². The molecule has 4 heteroatoms. The highest BCUT2D eigenvalue weighted by molar-refractivity contribution is 5.98. The van der Waals surface area contributed by atoms with E-state index >= 15 is 0 Å². The van der Waals surface area contributed by atoms with Gasteiger partial charge in [-0.3, -0.25) is 4.79 Å². The van der Waals surface area contributed by atoms with Crippen molar-refractivity contribution in [3.63, 3.8) is 0 Å². The quantitative estimate of drug-likeness (QED) is 0.494. The number of amides is 1. The Morgan fingerprint density at radius 1 is 0.867 bits per heavy atom. The molecule has 148 valence electrons. The molecular weight excluding hydrogens is 374 g/mol. The first-order valence-corrected chi connectivity index (χ1v) is 10.0. The topological polar surface area (TPSA) is 47.6 Å². The Hall–Kier alpha value is -3.79. The summed E-state index contributed by atoms with van der Waals surface area (Å²) in [6, 6.07) is 29.3. The monoisotopic (exact) mass is 395 g/mol. The smallest absolute Gasteiger partial charge is 0.251 e. The van der Waals surface area contributed by atoms with Gasteiger partial charge in [0.15, 0.2) is 0 Å². The average Bonchev–Trinajstić information content (AvgIpc) is 3.20. The van der Waals surface area contributed by atoms with Crippen LogP contribution in [0.25, 0.3) is 10.8 Å². The molecule has 1 aliphatic rings. The van der Waals surface area contributed by atoms with Crippen LogP contribution in [0.2, 0.25) is 0 Å². The van der Waals surface area contributed by atoms with Crippen LogP contribution in [0.5, 0.6) is 17.2 Å². The van der Waals surface area contributed by atoms with Crippen molar-refractivity contribution in [3.05, 3.63) is 102 Å². The fourth-order valence-electron chi connectivity index (χ4n) is 3.74. The van der Waals surface area contributed by atoms with Crippen molar-refractivity contribution >= 4 is 16.7 Å². The SMILES string of the molecule is O=C(NC[C@@H]1Cc2cc(Oc3ccccc3)ccc2O1)c1ccc2ccccc2c1. The summed E-state index contributed by atoms with van der Waals surface area (Å²) in [5.41, 5.74) is 1.75. The molecule has 1 aliphatic heterocycles. The molecule has 4 nitrogen and oxygen atoms in total. The number of benzene rings is 4. The second kappa shape index (κ2) is 7.91. The van der Waals surface area contributed by atoms with Gasteiger partial charge in [0.2, 0.25) is 0 Å². The Kier molecular flexibility index (Phi) is 4.81. The second-order valence-electron chi connectivity index (χ2n) is 7.40. The average molecular weight is 395 g/mol. The van der Waals surface area contributed by atoms with Gasteiger partial charge in [-0.1, -0.05) is 48.5 Å². The first-order valence-electron chi connectivity index (χ1n) is 10.0. The molecule has 0 spiro atoms. The first-order chi connectivity index (χ1) is 14.7. The fourth-order valence-corrected chi connectivity index (χ4v) is 3.74. The maximum atomic E-state index is 12.6. The molecular formula is C26H21NO3. The zero-order chi connectivity index (χ0) is 20.3. The highest BCUT2D eigenvalue weighted by Crippen LogP contribution is 2.33. The molecule has 0 aliphatic carbocycles. The maximum absolute atomic E-state index is 12.6. The van der Waals surface area contributed by atoms with Crippen LogP contribution in [0, 0.1) is 0 Å². The van der Waals surface area contributed by atoms with Gasteiger partial charge in [-0.15, -0.1) is 0 Å². The number of fused-ring (bicyclic) bond motifs is 2. The molecule has 1 heterocycles. The van der Waals surface area contributed by atoms with Crippen LogP contribution in [0.3, 0.4) is 0 Å². The van der Waals surface area contributed by atoms with Gasteiger partial charge in [0.05, 0.1) is 6.54 Å². The number of nitrogens with one attached hydrogen (secondary N) is 1. The fraction of sp³-hybridized carbons (Fsp3) is 0.115. The van der Waals surface area contributed by atoms with Crippen LogP contribution in [0.4, 0.5) is 0 Å². The minimum atomic E-state index is -0.0894. The zero-order valence-corrected chi connectivity index (χ0v) is 16.4. The van der Waals surface area contributed by atoms with E-state index in [1.165, 1.54) is 0 Å². The van der Waals surface area contributed by atoms with Gasteiger partial charge < -0.3 is 14.8 Å². The van der Waals surface area contributed by atoms with Crippen molar-refractivity contribution in [1.82, 2.24) is 5.32 Å². The maximum Gasteiger partial charge on any atom is 0.251 e. The number of hydrogen-bond acceptors (Lipinski definition) is 3. The van der Waals surface area contributed by atoms with Crippen LogP contribution >= 0.6 is 0 Å². The Bertz CT molecular complexity index is 1200. The van der Waals surface area contributed by atoms with E-state index in [0.29, 0.717) is 12.1 Å². The van der Waals surface area contributed by atoms with Gasteiger partial charge >= 0.3 is 0 Å².